The van der Waals surface area contributed by atoms with Crippen molar-refractivity contribution in [2.45, 2.75) is 70.7 Å². The van der Waals surface area contributed by atoms with Gasteiger partial charge in [0.05, 0.1) is 0 Å². The summed E-state index contributed by atoms with van der Waals surface area (Å²) in [7, 11) is 0. The van der Waals surface area contributed by atoms with Crippen molar-refractivity contribution < 1.29 is 19.7 Å². The summed E-state index contributed by atoms with van der Waals surface area (Å²) in [6.45, 7) is 3.87. The molecule has 2 saturated carbocycles. The van der Waals surface area contributed by atoms with Crippen molar-refractivity contribution in [1.29, 1.82) is 0 Å². The molecule has 0 bridgehead atoms. The molecular weight excluding hydrogens is 316 g/mol. The highest BCUT2D eigenvalue weighted by atomic mass is 16.8. The largest absolute Gasteiger partial charge is 0.439 e. The predicted molar refractivity (Wildman–Crippen MR) is 94.2 cm³/mol. The molecular formula is C21H28O4. The SMILES string of the molecule is CCC(O)(O)Oc1ccc2c(c1)CCC1C2CC[C@]2(C)C(=O)CCC12. The molecule has 3 unspecified atom stereocenters. The monoisotopic (exact) mass is 344 g/mol. The summed E-state index contributed by atoms with van der Waals surface area (Å²) in [5.74, 6) is 0.553. The summed E-state index contributed by atoms with van der Waals surface area (Å²) >= 11 is 0. The van der Waals surface area contributed by atoms with Crippen molar-refractivity contribution in [2.24, 2.45) is 17.3 Å². The molecule has 2 N–H and O–H groups in total. The second-order valence-electron chi connectivity index (χ2n) is 8.39. The normalized spacial score (nSPS) is 34.2. The molecule has 0 heterocycles. The lowest BCUT2D eigenvalue weighted by Gasteiger charge is -2.48. The molecule has 4 rings (SSSR count). The van der Waals surface area contributed by atoms with E-state index in [2.05, 4.69) is 13.0 Å². The second kappa shape index (κ2) is 5.82. The van der Waals surface area contributed by atoms with Crippen molar-refractivity contribution in [2.75, 3.05) is 0 Å². The summed E-state index contributed by atoms with van der Waals surface area (Å²) < 4.78 is 5.32. The molecule has 2 fully saturated rings. The number of carbonyl (C=O) groups is 1. The maximum atomic E-state index is 12.4. The third-order valence-corrected chi connectivity index (χ3v) is 7.15. The maximum absolute atomic E-state index is 12.4. The van der Waals surface area contributed by atoms with Gasteiger partial charge >= 0.3 is 5.97 Å². The van der Waals surface area contributed by atoms with Gasteiger partial charge in [-0.3, -0.25) is 4.79 Å². The van der Waals surface area contributed by atoms with Crippen molar-refractivity contribution >= 4 is 5.78 Å². The Bertz CT molecular complexity index is 695. The first-order valence-corrected chi connectivity index (χ1v) is 9.64. The highest BCUT2D eigenvalue weighted by Crippen LogP contribution is 2.59. The number of carbonyl (C=O) groups excluding carboxylic acids is 1. The smallest absolute Gasteiger partial charge is 0.321 e. The fraction of sp³-hybridized carbons (Fsp3) is 0.667. The summed E-state index contributed by atoms with van der Waals surface area (Å²) in [4.78, 5) is 12.4. The molecule has 3 aliphatic rings. The van der Waals surface area contributed by atoms with Crippen LogP contribution in [0.15, 0.2) is 18.2 Å². The average molecular weight is 344 g/mol. The molecule has 0 aliphatic heterocycles. The van der Waals surface area contributed by atoms with E-state index in [-0.39, 0.29) is 11.8 Å². The number of hydrogen-bond donors (Lipinski definition) is 2. The standard InChI is InChI=1S/C21H28O4/c1-3-21(23,24)25-14-5-7-15-13(12-14)4-6-17-16(15)10-11-20(2)18(17)8-9-19(20)22/h5,7,12,16-18,23-24H,3-4,6,8-11H2,1-2H3/t16?,17?,18?,20-/m0/s1. The van der Waals surface area contributed by atoms with Gasteiger partial charge < -0.3 is 14.9 Å². The fourth-order valence-electron chi connectivity index (χ4n) is 5.65. The van der Waals surface area contributed by atoms with Crippen LogP contribution in [0.3, 0.4) is 0 Å². The molecule has 0 aromatic heterocycles. The van der Waals surface area contributed by atoms with Gasteiger partial charge in [0.2, 0.25) is 0 Å². The molecule has 3 aliphatic carbocycles. The third kappa shape index (κ3) is 2.70. The second-order valence-corrected chi connectivity index (χ2v) is 8.39. The number of aryl methyl sites for hydroxylation is 1. The van der Waals surface area contributed by atoms with Crippen LogP contribution < -0.4 is 4.74 Å². The lowest BCUT2D eigenvalue weighted by molar-refractivity contribution is -0.292. The van der Waals surface area contributed by atoms with Crippen LogP contribution in [0.2, 0.25) is 0 Å². The number of fused-ring (bicyclic) bond motifs is 5. The zero-order chi connectivity index (χ0) is 17.8. The van der Waals surface area contributed by atoms with Gasteiger partial charge in [0.15, 0.2) is 0 Å². The van der Waals surface area contributed by atoms with E-state index in [4.69, 9.17) is 4.74 Å². The van der Waals surface area contributed by atoms with Crippen LogP contribution in [0, 0.1) is 17.3 Å². The highest BCUT2D eigenvalue weighted by molar-refractivity contribution is 5.87. The summed E-state index contributed by atoms with van der Waals surface area (Å²) in [6.07, 6.45) is 6.10. The van der Waals surface area contributed by atoms with Gasteiger partial charge in [-0.2, -0.15) is 0 Å². The zero-order valence-corrected chi connectivity index (χ0v) is 15.1. The van der Waals surface area contributed by atoms with Gasteiger partial charge in [-0.1, -0.05) is 19.9 Å². The minimum absolute atomic E-state index is 0.0871. The van der Waals surface area contributed by atoms with Gasteiger partial charge in [-0.15, -0.1) is 0 Å². The molecule has 0 radical (unpaired) electrons. The van der Waals surface area contributed by atoms with E-state index in [9.17, 15) is 15.0 Å². The van der Waals surface area contributed by atoms with Crippen LogP contribution in [-0.4, -0.2) is 22.0 Å². The third-order valence-electron chi connectivity index (χ3n) is 7.15. The molecule has 0 amide bonds. The molecule has 136 valence electrons. The fourth-order valence-corrected chi connectivity index (χ4v) is 5.65. The van der Waals surface area contributed by atoms with Crippen molar-refractivity contribution in [3.8, 4) is 5.75 Å². The van der Waals surface area contributed by atoms with E-state index in [0.29, 0.717) is 29.3 Å². The zero-order valence-electron chi connectivity index (χ0n) is 15.1. The molecule has 1 aromatic rings. The van der Waals surface area contributed by atoms with Crippen molar-refractivity contribution in [3.63, 3.8) is 0 Å². The Morgan fingerprint density at radius 1 is 1.24 bits per heavy atom. The van der Waals surface area contributed by atoms with E-state index in [1.807, 2.05) is 12.1 Å². The molecule has 4 nitrogen and oxygen atoms in total. The molecule has 1 aromatic carbocycles. The van der Waals surface area contributed by atoms with Gasteiger partial charge in [0.25, 0.3) is 0 Å². The van der Waals surface area contributed by atoms with Crippen LogP contribution in [0.5, 0.6) is 5.75 Å². The molecule has 4 heteroatoms. The highest BCUT2D eigenvalue weighted by Gasteiger charge is 2.54. The lowest BCUT2D eigenvalue weighted by Crippen LogP contribution is -2.42. The minimum atomic E-state index is -2.11. The first-order chi connectivity index (χ1) is 11.8. The van der Waals surface area contributed by atoms with Gasteiger partial charge in [0.1, 0.15) is 11.5 Å². The van der Waals surface area contributed by atoms with Crippen LogP contribution in [0.25, 0.3) is 0 Å². The van der Waals surface area contributed by atoms with Gasteiger partial charge in [-0.25, -0.2) is 0 Å². The van der Waals surface area contributed by atoms with Gasteiger partial charge in [-0.05, 0) is 73.1 Å². The predicted octanol–water partition coefficient (Wildman–Crippen LogP) is 3.54. The number of aliphatic hydroxyl groups is 2. The summed E-state index contributed by atoms with van der Waals surface area (Å²) in [6, 6.07) is 5.92. The Morgan fingerprint density at radius 3 is 2.80 bits per heavy atom. The first kappa shape index (κ1) is 17.0. The van der Waals surface area contributed by atoms with Crippen LogP contribution >= 0.6 is 0 Å². The Kier molecular flexibility index (Phi) is 3.97. The Balaban J connectivity index is 1.60. The maximum Gasteiger partial charge on any atom is 0.321 e. The lowest BCUT2D eigenvalue weighted by atomic mass is 9.55. The van der Waals surface area contributed by atoms with Crippen LogP contribution in [0.1, 0.15) is 69.4 Å². The molecule has 4 atom stereocenters. The number of hydrogen-bond acceptors (Lipinski definition) is 4. The Morgan fingerprint density at radius 2 is 2.04 bits per heavy atom. The van der Waals surface area contributed by atoms with E-state index in [1.54, 1.807) is 6.92 Å². The number of ketones is 1. The first-order valence-electron chi connectivity index (χ1n) is 9.64. The molecule has 25 heavy (non-hydrogen) atoms. The Hall–Kier alpha value is -1.39. The molecule has 0 spiro atoms. The number of Topliss-reactive ketones (excluding diaryl/α,β-unsaturated/α-hetero) is 1. The van der Waals surface area contributed by atoms with E-state index < -0.39 is 5.97 Å². The minimum Gasteiger partial charge on any atom is -0.439 e. The summed E-state index contributed by atoms with van der Waals surface area (Å²) in [5.41, 5.74) is 2.55. The van der Waals surface area contributed by atoms with Crippen LogP contribution in [-0.2, 0) is 11.2 Å². The van der Waals surface area contributed by atoms with Crippen molar-refractivity contribution in [3.05, 3.63) is 29.3 Å². The van der Waals surface area contributed by atoms with E-state index >= 15 is 0 Å². The number of rotatable bonds is 3. The van der Waals surface area contributed by atoms with Crippen LogP contribution in [0.4, 0.5) is 0 Å². The Labute approximate surface area is 149 Å². The van der Waals surface area contributed by atoms with E-state index in [1.165, 1.54) is 11.1 Å². The van der Waals surface area contributed by atoms with Crippen molar-refractivity contribution in [1.82, 2.24) is 0 Å². The number of ether oxygens (including phenoxy) is 1. The topological polar surface area (TPSA) is 66.8 Å². The summed E-state index contributed by atoms with van der Waals surface area (Å²) in [5, 5.41) is 19.5. The van der Waals surface area contributed by atoms with Gasteiger partial charge in [0, 0.05) is 18.3 Å². The molecule has 0 saturated heterocycles. The number of benzene rings is 1. The van der Waals surface area contributed by atoms with E-state index in [0.717, 1.165) is 38.5 Å². The quantitative estimate of drug-likeness (QED) is 0.823. The average Bonchev–Trinajstić information content (AvgIpc) is 2.89.